The van der Waals surface area contributed by atoms with Crippen molar-refractivity contribution in [3.8, 4) is 0 Å². The lowest BCUT2D eigenvalue weighted by Crippen LogP contribution is -2.20. The molecule has 4 rings (SSSR count). The van der Waals surface area contributed by atoms with Crippen molar-refractivity contribution in [3.05, 3.63) is 70.4 Å². The summed E-state index contributed by atoms with van der Waals surface area (Å²) in [4.78, 5) is 16.5. The Hall–Kier alpha value is -1.86. The lowest BCUT2D eigenvalue weighted by Gasteiger charge is -2.27. The number of hydrogen-bond acceptors (Lipinski definition) is 6. The molecular weight excluding hydrogens is 389 g/mol. The summed E-state index contributed by atoms with van der Waals surface area (Å²) in [6, 6.07) is 7.52. The second-order valence-corrected chi connectivity index (χ2v) is 7.65. The SMILES string of the molecule is CNCc1cnc(N2c3ccncc3SC2c2c(Cl)cccc2Cl)cn1. The number of benzene rings is 1. The van der Waals surface area contributed by atoms with Gasteiger partial charge in [0, 0.05) is 34.5 Å². The Morgan fingerprint density at radius 2 is 1.92 bits per heavy atom. The Bertz CT molecular complexity index is 915. The zero-order chi connectivity index (χ0) is 18.1. The lowest BCUT2D eigenvalue weighted by molar-refractivity contribution is 0.781. The van der Waals surface area contributed by atoms with Gasteiger partial charge >= 0.3 is 0 Å². The Morgan fingerprint density at radius 3 is 2.62 bits per heavy atom. The maximum absolute atomic E-state index is 6.49. The van der Waals surface area contributed by atoms with Crippen molar-refractivity contribution in [2.24, 2.45) is 0 Å². The summed E-state index contributed by atoms with van der Waals surface area (Å²) < 4.78 is 0. The standard InChI is InChI=1S/C18H15Cl2N5S/c1-21-7-11-8-24-16(10-23-11)25-14-5-6-22-9-15(14)26-18(25)17-12(19)3-2-4-13(17)20/h2-6,8-10,18,21H,7H2,1H3. The van der Waals surface area contributed by atoms with Gasteiger partial charge in [0.2, 0.25) is 0 Å². The average Bonchev–Trinajstić information content (AvgIpc) is 3.01. The number of hydrogen-bond donors (Lipinski definition) is 1. The van der Waals surface area contributed by atoms with E-state index in [1.165, 1.54) is 0 Å². The van der Waals surface area contributed by atoms with Crippen LogP contribution in [0, 0.1) is 0 Å². The monoisotopic (exact) mass is 403 g/mol. The predicted molar refractivity (Wildman–Crippen MR) is 106 cm³/mol. The third-order valence-corrected chi connectivity index (χ3v) is 5.94. The summed E-state index contributed by atoms with van der Waals surface area (Å²) in [6.45, 7) is 0.669. The van der Waals surface area contributed by atoms with E-state index >= 15 is 0 Å². The number of fused-ring (bicyclic) bond motifs is 1. The fourth-order valence-corrected chi connectivity index (χ4v) is 4.97. The van der Waals surface area contributed by atoms with Gasteiger partial charge in [-0.2, -0.15) is 0 Å². The highest BCUT2D eigenvalue weighted by atomic mass is 35.5. The minimum Gasteiger partial charge on any atom is -0.314 e. The normalized spacial score (nSPS) is 16.0. The molecule has 1 aliphatic rings. The summed E-state index contributed by atoms with van der Waals surface area (Å²) in [5.74, 6) is 0.739. The van der Waals surface area contributed by atoms with E-state index in [4.69, 9.17) is 23.2 Å². The van der Waals surface area contributed by atoms with E-state index in [0.29, 0.717) is 16.6 Å². The van der Waals surface area contributed by atoms with Gasteiger partial charge in [-0.1, -0.05) is 41.0 Å². The number of nitrogens with zero attached hydrogens (tertiary/aromatic N) is 4. The Labute approximate surface area is 165 Å². The highest BCUT2D eigenvalue weighted by Crippen LogP contribution is 2.56. The molecule has 5 nitrogen and oxygen atoms in total. The van der Waals surface area contributed by atoms with Crippen molar-refractivity contribution in [1.82, 2.24) is 20.3 Å². The van der Waals surface area contributed by atoms with E-state index in [0.717, 1.165) is 27.7 Å². The number of thioether (sulfide) groups is 1. The van der Waals surface area contributed by atoms with E-state index in [9.17, 15) is 0 Å². The number of rotatable bonds is 4. The van der Waals surface area contributed by atoms with Gasteiger partial charge in [0.05, 0.1) is 28.7 Å². The zero-order valence-electron chi connectivity index (χ0n) is 13.9. The van der Waals surface area contributed by atoms with Crippen molar-refractivity contribution in [1.29, 1.82) is 0 Å². The average molecular weight is 404 g/mol. The summed E-state index contributed by atoms with van der Waals surface area (Å²) in [7, 11) is 1.88. The van der Waals surface area contributed by atoms with Crippen molar-refractivity contribution in [2.45, 2.75) is 16.8 Å². The van der Waals surface area contributed by atoms with E-state index in [-0.39, 0.29) is 5.37 Å². The molecule has 1 atom stereocenters. The lowest BCUT2D eigenvalue weighted by atomic mass is 10.2. The second-order valence-electron chi connectivity index (χ2n) is 5.72. The topological polar surface area (TPSA) is 53.9 Å². The number of anilines is 2. The van der Waals surface area contributed by atoms with Crippen LogP contribution in [-0.2, 0) is 6.54 Å². The maximum atomic E-state index is 6.49. The Kier molecular flexibility index (Phi) is 5.00. The van der Waals surface area contributed by atoms with Gasteiger partial charge in [0.15, 0.2) is 5.82 Å². The Morgan fingerprint density at radius 1 is 1.12 bits per heavy atom. The molecule has 2 aromatic heterocycles. The van der Waals surface area contributed by atoms with Crippen LogP contribution in [0.4, 0.5) is 11.5 Å². The van der Waals surface area contributed by atoms with Gasteiger partial charge in [0.25, 0.3) is 0 Å². The summed E-state index contributed by atoms with van der Waals surface area (Å²) in [5.41, 5.74) is 2.75. The van der Waals surface area contributed by atoms with E-state index < -0.39 is 0 Å². The molecule has 8 heteroatoms. The highest BCUT2D eigenvalue weighted by molar-refractivity contribution is 8.00. The third-order valence-electron chi connectivity index (χ3n) is 4.04. The van der Waals surface area contributed by atoms with Gasteiger partial charge < -0.3 is 10.2 Å². The summed E-state index contributed by atoms with van der Waals surface area (Å²) in [5, 5.41) is 4.19. The highest BCUT2D eigenvalue weighted by Gasteiger charge is 2.36. The number of pyridine rings is 1. The minimum atomic E-state index is -0.139. The molecule has 0 fully saturated rings. The molecule has 132 valence electrons. The van der Waals surface area contributed by atoms with Gasteiger partial charge in [0.1, 0.15) is 5.37 Å². The molecule has 0 amide bonds. The molecular formula is C18H15Cl2N5S. The van der Waals surface area contributed by atoms with Crippen LogP contribution in [0.25, 0.3) is 0 Å². The molecule has 0 aliphatic carbocycles. The molecule has 3 aromatic rings. The number of nitrogens with one attached hydrogen (secondary N) is 1. The predicted octanol–water partition coefficient (Wildman–Crippen LogP) is 4.84. The van der Waals surface area contributed by atoms with Crippen LogP contribution >= 0.6 is 35.0 Å². The fourth-order valence-electron chi connectivity index (χ4n) is 2.88. The van der Waals surface area contributed by atoms with Crippen LogP contribution in [-0.4, -0.2) is 22.0 Å². The van der Waals surface area contributed by atoms with Gasteiger partial charge in [-0.25, -0.2) is 4.98 Å². The molecule has 3 heterocycles. The molecule has 1 unspecified atom stereocenters. The third kappa shape index (κ3) is 3.14. The van der Waals surface area contributed by atoms with Crippen molar-refractivity contribution >= 4 is 46.5 Å². The first-order valence-corrected chi connectivity index (χ1v) is 9.62. The largest absolute Gasteiger partial charge is 0.314 e. The quantitative estimate of drug-likeness (QED) is 0.672. The van der Waals surface area contributed by atoms with Crippen LogP contribution in [0.1, 0.15) is 16.6 Å². The second kappa shape index (κ2) is 7.40. The first kappa shape index (κ1) is 17.5. The molecule has 0 spiro atoms. The fraction of sp³-hybridized carbons (Fsp3) is 0.167. The molecule has 1 aromatic carbocycles. The van der Waals surface area contributed by atoms with Crippen molar-refractivity contribution in [3.63, 3.8) is 0 Å². The van der Waals surface area contributed by atoms with Crippen molar-refractivity contribution in [2.75, 3.05) is 11.9 Å². The van der Waals surface area contributed by atoms with Crippen LogP contribution in [0.15, 0.2) is 53.9 Å². The number of halogens is 2. The molecule has 0 radical (unpaired) electrons. The van der Waals surface area contributed by atoms with E-state index in [1.54, 1.807) is 30.4 Å². The summed E-state index contributed by atoms with van der Waals surface area (Å²) in [6.07, 6.45) is 7.17. The molecule has 26 heavy (non-hydrogen) atoms. The Balaban J connectivity index is 1.82. The van der Waals surface area contributed by atoms with E-state index in [2.05, 4.69) is 25.2 Å². The molecule has 0 bridgehead atoms. The first-order valence-electron chi connectivity index (χ1n) is 7.98. The number of aromatic nitrogens is 3. The molecule has 1 aliphatic heterocycles. The smallest absolute Gasteiger partial charge is 0.152 e. The van der Waals surface area contributed by atoms with E-state index in [1.807, 2.05) is 37.5 Å². The zero-order valence-corrected chi connectivity index (χ0v) is 16.2. The maximum Gasteiger partial charge on any atom is 0.152 e. The van der Waals surface area contributed by atoms with Gasteiger partial charge in [-0.15, -0.1) is 0 Å². The van der Waals surface area contributed by atoms with Crippen LogP contribution in [0.3, 0.4) is 0 Å². The first-order chi connectivity index (χ1) is 12.7. The minimum absolute atomic E-state index is 0.139. The van der Waals surface area contributed by atoms with Crippen LogP contribution < -0.4 is 10.2 Å². The molecule has 0 saturated carbocycles. The van der Waals surface area contributed by atoms with Gasteiger partial charge in [-0.05, 0) is 25.2 Å². The van der Waals surface area contributed by atoms with Crippen LogP contribution in [0.2, 0.25) is 10.0 Å². The van der Waals surface area contributed by atoms with Crippen molar-refractivity contribution < 1.29 is 0 Å². The van der Waals surface area contributed by atoms with Crippen LogP contribution in [0.5, 0.6) is 0 Å². The summed E-state index contributed by atoms with van der Waals surface area (Å²) >= 11 is 14.6. The van der Waals surface area contributed by atoms with Gasteiger partial charge in [-0.3, -0.25) is 9.97 Å². The molecule has 1 N–H and O–H groups in total. The molecule has 0 saturated heterocycles.